The van der Waals surface area contributed by atoms with Gasteiger partial charge in [0.05, 0.1) is 16.8 Å². The molecule has 1 amide bonds. The first kappa shape index (κ1) is 14.6. The molecule has 2 heterocycles. The van der Waals surface area contributed by atoms with Crippen LogP contribution in [0.1, 0.15) is 18.4 Å². The number of carbonyl (C=O) groups is 1. The number of carbonyl (C=O) groups excluding carboxylic acids is 1. The average molecular weight is 315 g/mol. The molecule has 112 valence electrons. The molecule has 0 radical (unpaired) electrons. The van der Waals surface area contributed by atoms with Gasteiger partial charge < -0.3 is 10.2 Å². The molecular weight excluding hydrogens is 300 g/mol. The molecule has 1 N–H and O–H groups in total. The first-order valence-corrected chi connectivity index (χ1v) is 7.45. The van der Waals surface area contributed by atoms with Crippen LogP contribution in [0.15, 0.2) is 24.4 Å². The van der Waals surface area contributed by atoms with Crippen LogP contribution in [0.5, 0.6) is 0 Å². The summed E-state index contributed by atoms with van der Waals surface area (Å²) in [7, 11) is 1.79. The van der Waals surface area contributed by atoms with Crippen molar-refractivity contribution < 1.29 is 4.79 Å². The number of anilines is 1. The third kappa shape index (κ3) is 2.70. The highest BCUT2D eigenvalue weighted by molar-refractivity contribution is 6.31. The van der Waals surface area contributed by atoms with Crippen molar-refractivity contribution in [1.82, 2.24) is 9.88 Å². The Labute approximate surface area is 133 Å². The van der Waals surface area contributed by atoms with E-state index in [4.69, 9.17) is 11.6 Å². The number of fused-ring (bicyclic) bond motifs is 1. The van der Waals surface area contributed by atoms with E-state index in [9.17, 15) is 10.1 Å². The number of pyridine rings is 1. The van der Waals surface area contributed by atoms with Gasteiger partial charge in [0.1, 0.15) is 6.07 Å². The summed E-state index contributed by atoms with van der Waals surface area (Å²) in [5, 5.41) is 14.2. The molecule has 1 aliphatic heterocycles. The number of amides is 1. The summed E-state index contributed by atoms with van der Waals surface area (Å²) < 4.78 is 0. The fourth-order valence-corrected chi connectivity index (χ4v) is 2.91. The fraction of sp³-hybridized carbons (Fsp3) is 0.312. The topological polar surface area (TPSA) is 69.0 Å². The summed E-state index contributed by atoms with van der Waals surface area (Å²) in [5.41, 5.74) is 2.00. The first-order valence-electron chi connectivity index (χ1n) is 7.07. The van der Waals surface area contributed by atoms with Crippen molar-refractivity contribution in [1.29, 1.82) is 5.26 Å². The summed E-state index contributed by atoms with van der Waals surface area (Å²) >= 11 is 6.08. The van der Waals surface area contributed by atoms with E-state index in [1.807, 2.05) is 12.1 Å². The average Bonchev–Trinajstić information content (AvgIpc) is 2.51. The molecule has 1 saturated heterocycles. The second kappa shape index (κ2) is 5.82. The van der Waals surface area contributed by atoms with E-state index in [1.54, 1.807) is 24.2 Å². The molecule has 1 aromatic carbocycles. The van der Waals surface area contributed by atoms with E-state index >= 15 is 0 Å². The van der Waals surface area contributed by atoms with Crippen LogP contribution in [0.4, 0.5) is 5.69 Å². The maximum Gasteiger partial charge on any atom is 0.222 e. The van der Waals surface area contributed by atoms with Crippen molar-refractivity contribution in [3.05, 3.63) is 35.0 Å². The Morgan fingerprint density at radius 1 is 1.50 bits per heavy atom. The lowest BCUT2D eigenvalue weighted by Crippen LogP contribution is -2.43. The van der Waals surface area contributed by atoms with Gasteiger partial charge in [-0.1, -0.05) is 11.6 Å². The SMILES string of the molecule is CN1CC(Nc2c(C#N)cnc3ccc(Cl)cc23)CCC1=O. The van der Waals surface area contributed by atoms with Crippen molar-refractivity contribution >= 4 is 34.1 Å². The van der Waals surface area contributed by atoms with E-state index in [1.165, 1.54) is 0 Å². The van der Waals surface area contributed by atoms with E-state index in [0.717, 1.165) is 23.0 Å². The van der Waals surface area contributed by atoms with E-state index < -0.39 is 0 Å². The minimum atomic E-state index is 0.111. The molecular formula is C16H15ClN4O. The Hall–Kier alpha value is -2.32. The van der Waals surface area contributed by atoms with Gasteiger partial charge in [-0.2, -0.15) is 5.26 Å². The summed E-state index contributed by atoms with van der Waals surface area (Å²) in [6, 6.07) is 7.70. The molecule has 5 nitrogen and oxygen atoms in total. The minimum Gasteiger partial charge on any atom is -0.379 e. The van der Waals surface area contributed by atoms with Gasteiger partial charge in [-0.05, 0) is 24.6 Å². The zero-order chi connectivity index (χ0) is 15.7. The van der Waals surface area contributed by atoms with Crippen LogP contribution in [0.25, 0.3) is 10.9 Å². The zero-order valence-electron chi connectivity index (χ0n) is 12.1. The quantitative estimate of drug-likeness (QED) is 0.925. The van der Waals surface area contributed by atoms with Crippen molar-refractivity contribution in [2.75, 3.05) is 18.9 Å². The molecule has 1 aliphatic rings. The van der Waals surface area contributed by atoms with Crippen molar-refractivity contribution in [2.45, 2.75) is 18.9 Å². The Morgan fingerprint density at radius 2 is 2.32 bits per heavy atom. The van der Waals surface area contributed by atoms with Gasteiger partial charge in [0.25, 0.3) is 0 Å². The lowest BCUT2D eigenvalue weighted by Gasteiger charge is -2.31. The number of nitriles is 1. The van der Waals surface area contributed by atoms with E-state index in [-0.39, 0.29) is 11.9 Å². The second-order valence-electron chi connectivity index (χ2n) is 5.47. The lowest BCUT2D eigenvalue weighted by atomic mass is 10.0. The molecule has 22 heavy (non-hydrogen) atoms. The Kier molecular flexibility index (Phi) is 3.86. The van der Waals surface area contributed by atoms with Crippen LogP contribution in [-0.2, 0) is 4.79 Å². The van der Waals surface area contributed by atoms with Gasteiger partial charge in [0.15, 0.2) is 0 Å². The lowest BCUT2D eigenvalue weighted by molar-refractivity contribution is -0.132. The van der Waals surface area contributed by atoms with Gasteiger partial charge in [0.2, 0.25) is 5.91 Å². The van der Waals surface area contributed by atoms with Crippen LogP contribution < -0.4 is 5.32 Å². The highest BCUT2D eigenvalue weighted by Gasteiger charge is 2.24. The van der Waals surface area contributed by atoms with Crippen molar-refractivity contribution in [3.8, 4) is 6.07 Å². The van der Waals surface area contributed by atoms with Crippen LogP contribution in [0.3, 0.4) is 0 Å². The van der Waals surface area contributed by atoms with Gasteiger partial charge in [-0.25, -0.2) is 0 Å². The predicted molar refractivity (Wildman–Crippen MR) is 85.7 cm³/mol. The van der Waals surface area contributed by atoms with Crippen molar-refractivity contribution in [3.63, 3.8) is 0 Å². The normalized spacial score (nSPS) is 18.3. The second-order valence-corrected chi connectivity index (χ2v) is 5.91. The highest BCUT2D eigenvalue weighted by Crippen LogP contribution is 2.29. The number of hydrogen-bond acceptors (Lipinski definition) is 4. The number of rotatable bonds is 2. The first-order chi connectivity index (χ1) is 10.6. The molecule has 1 aromatic heterocycles. The van der Waals surface area contributed by atoms with Crippen LogP contribution in [0, 0.1) is 11.3 Å². The number of halogens is 1. The zero-order valence-corrected chi connectivity index (χ0v) is 12.9. The molecule has 1 unspecified atom stereocenters. The maximum absolute atomic E-state index is 11.6. The van der Waals surface area contributed by atoms with Gasteiger partial charge >= 0.3 is 0 Å². The molecule has 1 atom stereocenters. The third-order valence-corrected chi connectivity index (χ3v) is 4.16. The number of piperidine rings is 1. The molecule has 0 saturated carbocycles. The van der Waals surface area contributed by atoms with Gasteiger partial charge in [-0.3, -0.25) is 9.78 Å². The predicted octanol–water partition coefficient (Wildman–Crippen LogP) is 2.79. The number of benzene rings is 1. The molecule has 0 spiro atoms. The Bertz CT molecular complexity index is 784. The van der Waals surface area contributed by atoms with Crippen LogP contribution >= 0.6 is 11.6 Å². The minimum absolute atomic E-state index is 0.111. The molecule has 0 bridgehead atoms. The summed E-state index contributed by atoms with van der Waals surface area (Å²) in [5.74, 6) is 0.154. The summed E-state index contributed by atoms with van der Waals surface area (Å²) in [4.78, 5) is 17.6. The number of hydrogen-bond donors (Lipinski definition) is 1. The number of likely N-dealkylation sites (tertiary alicyclic amines) is 1. The fourth-order valence-electron chi connectivity index (χ4n) is 2.74. The number of aromatic nitrogens is 1. The van der Waals surface area contributed by atoms with Crippen molar-refractivity contribution in [2.24, 2.45) is 0 Å². The number of nitrogens with zero attached hydrogens (tertiary/aromatic N) is 3. The smallest absolute Gasteiger partial charge is 0.222 e. The molecule has 6 heteroatoms. The summed E-state index contributed by atoms with van der Waals surface area (Å²) in [6.45, 7) is 0.619. The Balaban J connectivity index is 2.00. The number of nitrogens with one attached hydrogen (secondary N) is 1. The molecule has 3 rings (SSSR count). The summed E-state index contributed by atoms with van der Waals surface area (Å²) in [6.07, 6.45) is 2.83. The largest absolute Gasteiger partial charge is 0.379 e. The molecule has 2 aromatic rings. The highest BCUT2D eigenvalue weighted by atomic mass is 35.5. The van der Waals surface area contributed by atoms with Gasteiger partial charge in [-0.15, -0.1) is 0 Å². The maximum atomic E-state index is 11.6. The van der Waals surface area contributed by atoms with Gasteiger partial charge in [0, 0.05) is 42.7 Å². The van der Waals surface area contributed by atoms with Crippen LogP contribution in [0.2, 0.25) is 5.02 Å². The third-order valence-electron chi connectivity index (χ3n) is 3.93. The van der Waals surface area contributed by atoms with Crippen LogP contribution in [-0.4, -0.2) is 35.4 Å². The number of likely N-dealkylation sites (N-methyl/N-ethyl adjacent to an activating group) is 1. The van der Waals surface area contributed by atoms with E-state index in [0.29, 0.717) is 23.6 Å². The Morgan fingerprint density at radius 3 is 3.05 bits per heavy atom. The van der Waals surface area contributed by atoms with E-state index in [2.05, 4.69) is 16.4 Å². The standard InChI is InChI=1S/C16H15ClN4O/c1-21-9-12(3-5-15(21)22)20-16-10(7-18)8-19-14-4-2-11(17)6-13(14)16/h2,4,6,8,12H,3,5,9H2,1H3,(H,19,20). The monoisotopic (exact) mass is 314 g/mol. The molecule has 1 fully saturated rings. The molecule has 0 aliphatic carbocycles.